The van der Waals surface area contributed by atoms with Crippen molar-refractivity contribution in [3.8, 4) is 5.75 Å². The Bertz CT molecular complexity index is 1040. The molecule has 5 nitrogen and oxygen atoms in total. The van der Waals surface area contributed by atoms with E-state index in [9.17, 15) is 13.2 Å². The van der Waals surface area contributed by atoms with E-state index in [1.54, 1.807) is 48.5 Å². The van der Waals surface area contributed by atoms with Crippen LogP contribution in [-0.2, 0) is 6.18 Å². The van der Waals surface area contributed by atoms with Crippen LogP contribution < -0.4 is 15.4 Å². The van der Waals surface area contributed by atoms with Crippen molar-refractivity contribution in [2.45, 2.75) is 38.0 Å². The number of anilines is 4. The zero-order valence-corrected chi connectivity index (χ0v) is 17.2. The molecule has 1 fully saturated rings. The van der Waals surface area contributed by atoms with E-state index in [-0.39, 0.29) is 17.9 Å². The van der Waals surface area contributed by atoms with Gasteiger partial charge in [0.2, 0.25) is 5.95 Å². The Morgan fingerprint density at radius 2 is 1.68 bits per heavy atom. The number of ether oxygens (including phenoxy) is 1. The van der Waals surface area contributed by atoms with Crippen molar-refractivity contribution in [2.24, 2.45) is 0 Å². The maximum atomic E-state index is 13.6. The highest BCUT2D eigenvalue weighted by Crippen LogP contribution is 2.38. The minimum absolute atomic E-state index is 0.0204. The van der Waals surface area contributed by atoms with Gasteiger partial charge in [0, 0.05) is 16.9 Å². The average Bonchev–Trinajstić information content (AvgIpc) is 3.24. The second kappa shape index (κ2) is 9.01. The van der Waals surface area contributed by atoms with Crippen LogP contribution in [0.1, 0.15) is 31.2 Å². The van der Waals surface area contributed by atoms with Gasteiger partial charge in [0.05, 0.1) is 11.8 Å². The molecule has 1 aliphatic carbocycles. The molecule has 0 bridgehead atoms. The Kier molecular flexibility index (Phi) is 6.18. The number of alkyl halides is 3. The molecule has 0 amide bonds. The molecule has 2 aromatic carbocycles. The summed E-state index contributed by atoms with van der Waals surface area (Å²) < 4.78 is 46.8. The monoisotopic (exact) mass is 448 g/mol. The lowest BCUT2D eigenvalue weighted by Crippen LogP contribution is -2.14. The van der Waals surface area contributed by atoms with Crippen LogP contribution >= 0.6 is 11.6 Å². The van der Waals surface area contributed by atoms with E-state index in [1.165, 1.54) is 0 Å². The molecule has 0 unspecified atom stereocenters. The van der Waals surface area contributed by atoms with Gasteiger partial charge in [-0.25, -0.2) is 4.98 Å². The van der Waals surface area contributed by atoms with Gasteiger partial charge in [0.25, 0.3) is 0 Å². The molecule has 4 rings (SSSR count). The van der Waals surface area contributed by atoms with Crippen molar-refractivity contribution >= 4 is 34.7 Å². The summed E-state index contributed by atoms with van der Waals surface area (Å²) in [4.78, 5) is 7.91. The molecule has 162 valence electrons. The normalized spacial score (nSPS) is 14.5. The number of hydrogen-bond donors (Lipinski definition) is 2. The first-order valence-electron chi connectivity index (χ1n) is 9.88. The van der Waals surface area contributed by atoms with E-state index >= 15 is 0 Å². The van der Waals surface area contributed by atoms with E-state index in [0.717, 1.165) is 31.9 Å². The first kappa shape index (κ1) is 21.2. The Balaban J connectivity index is 1.63. The largest absolute Gasteiger partial charge is 0.488 e. The van der Waals surface area contributed by atoms with Gasteiger partial charge >= 0.3 is 6.18 Å². The number of nitrogens with zero attached hydrogens (tertiary/aromatic N) is 2. The molecular weight excluding hydrogens is 429 g/mol. The first-order valence-corrected chi connectivity index (χ1v) is 10.3. The van der Waals surface area contributed by atoms with E-state index < -0.39 is 11.7 Å². The molecule has 9 heteroatoms. The first-order chi connectivity index (χ1) is 14.9. The molecule has 0 aliphatic heterocycles. The lowest BCUT2D eigenvalue weighted by molar-refractivity contribution is -0.137. The Morgan fingerprint density at radius 1 is 0.968 bits per heavy atom. The molecule has 1 aromatic heterocycles. The van der Waals surface area contributed by atoms with Crippen molar-refractivity contribution in [1.82, 2.24) is 9.97 Å². The lowest BCUT2D eigenvalue weighted by atomic mass is 10.2. The molecular formula is C22H20ClF3N4O. The molecule has 0 spiro atoms. The van der Waals surface area contributed by atoms with Crippen molar-refractivity contribution in [3.05, 3.63) is 65.3 Å². The van der Waals surface area contributed by atoms with Crippen LogP contribution in [0.5, 0.6) is 5.75 Å². The van der Waals surface area contributed by atoms with Gasteiger partial charge < -0.3 is 15.4 Å². The number of hydrogen-bond acceptors (Lipinski definition) is 5. The summed E-state index contributed by atoms with van der Waals surface area (Å²) in [7, 11) is 0. The number of nitrogens with one attached hydrogen (secondary N) is 2. The summed E-state index contributed by atoms with van der Waals surface area (Å²) >= 11 is 5.87. The Hall–Kier alpha value is -3.00. The molecule has 0 radical (unpaired) electrons. The molecule has 1 aliphatic rings. The van der Waals surface area contributed by atoms with Crippen molar-refractivity contribution in [2.75, 3.05) is 10.6 Å². The van der Waals surface area contributed by atoms with E-state index in [4.69, 9.17) is 16.3 Å². The van der Waals surface area contributed by atoms with Crippen LogP contribution in [-0.4, -0.2) is 16.1 Å². The Morgan fingerprint density at radius 3 is 2.39 bits per heavy atom. The van der Waals surface area contributed by atoms with Gasteiger partial charge in [0.15, 0.2) is 0 Å². The minimum atomic E-state index is -4.62. The summed E-state index contributed by atoms with van der Waals surface area (Å²) in [6.45, 7) is 0. The van der Waals surface area contributed by atoms with Crippen molar-refractivity contribution in [3.63, 3.8) is 0 Å². The molecule has 3 aromatic rings. The standard InChI is InChI=1S/C22H20ClF3N4O/c23-14-9-11-15(12-10-14)28-21-27-13-17(22(24,25)26)20(30-21)29-18-7-3-4-8-19(18)31-16-5-1-2-6-16/h3-4,7-13,16H,1-2,5-6H2,(H2,27,28,29,30). The number of aromatic nitrogens is 2. The van der Waals surface area contributed by atoms with E-state index in [0.29, 0.717) is 22.1 Å². The van der Waals surface area contributed by atoms with Gasteiger partial charge in [0.1, 0.15) is 17.1 Å². The lowest BCUT2D eigenvalue weighted by Gasteiger charge is -2.19. The molecule has 0 saturated heterocycles. The second-order valence-electron chi connectivity index (χ2n) is 7.23. The van der Waals surface area contributed by atoms with Crippen LogP contribution in [0, 0.1) is 0 Å². The highest BCUT2D eigenvalue weighted by Gasteiger charge is 2.35. The maximum Gasteiger partial charge on any atom is 0.421 e. The van der Waals surface area contributed by atoms with E-state index in [2.05, 4.69) is 20.6 Å². The van der Waals surface area contributed by atoms with Crippen LogP contribution in [0.2, 0.25) is 5.02 Å². The fraction of sp³-hybridized carbons (Fsp3) is 0.273. The van der Waals surface area contributed by atoms with Gasteiger partial charge in [-0.2, -0.15) is 18.2 Å². The maximum absolute atomic E-state index is 13.6. The predicted molar refractivity (Wildman–Crippen MR) is 114 cm³/mol. The molecule has 31 heavy (non-hydrogen) atoms. The minimum Gasteiger partial charge on any atom is -0.488 e. The summed E-state index contributed by atoms with van der Waals surface area (Å²) in [5, 5.41) is 6.23. The van der Waals surface area contributed by atoms with Gasteiger partial charge in [-0.05, 0) is 62.1 Å². The van der Waals surface area contributed by atoms with Crippen molar-refractivity contribution in [1.29, 1.82) is 0 Å². The Labute approximate surface area is 182 Å². The predicted octanol–water partition coefficient (Wildman–Crippen LogP) is 6.96. The van der Waals surface area contributed by atoms with Crippen LogP contribution in [0.3, 0.4) is 0 Å². The zero-order chi connectivity index (χ0) is 21.8. The molecule has 0 atom stereocenters. The summed E-state index contributed by atoms with van der Waals surface area (Å²) in [6, 6.07) is 13.6. The molecule has 1 saturated carbocycles. The molecule has 2 N–H and O–H groups in total. The highest BCUT2D eigenvalue weighted by atomic mass is 35.5. The second-order valence-corrected chi connectivity index (χ2v) is 7.67. The van der Waals surface area contributed by atoms with Gasteiger partial charge in [-0.3, -0.25) is 0 Å². The summed E-state index contributed by atoms with van der Waals surface area (Å²) in [5.74, 6) is 0.154. The third-order valence-electron chi connectivity index (χ3n) is 4.93. The van der Waals surface area contributed by atoms with Crippen molar-refractivity contribution < 1.29 is 17.9 Å². The third-order valence-corrected chi connectivity index (χ3v) is 5.18. The van der Waals surface area contributed by atoms with Crippen LogP contribution in [0.15, 0.2) is 54.7 Å². The van der Waals surface area contributed by atoms with E-state index in [1.807, 2.05) is 0 Å². The smallest absolute Gasteiger partial charge is 0.421 e. The number of benzene rings is 2. The summed E-state index contributed by atoms with van der Waals surface area (Å²) in [6.07, 6.45) is 0.248. The number of para-hydroxylation sites is 2. The number of rotatable bonds is 6. The highest BCUT2D eigenvalue weighted by molar-refractivity contribution is 6.30. The third kappa shape index (κ3) is 5.38. The van der Waals surface area contributed by atoms with Crippen LogP contribution in [0.4, 0.5) is 36.3 Å². The fourth-order valence-electron chi connectivity index (χ4n) is 3.39. The SMILES string of the molecule is FC(F)(F)c1cnc(Nc2ccc(Cl)cc2)nc1Nc1ccccc1OC1CCCC1. The molecule has 1 heterocycles. The zero-order valence-electron chi connectivity index (χ0n) is 16.4. The number of halogens is 4. The fourth-order valence-corrected chi connectivity index (χ4v) is 3.52. The van der Waals surface area contributed by atoms with Crippen LogP contribution in [0.25, 0.3) is 0 Å². The average molecular weight is 449 g/mol. The quantitative estimate of drug-likeness (QED) is 0.427. The van der Waals surface area contributed by atoms with Gasteiger partial charge in [-0.1, -0.05) is 23.7 Å². The van der Waals surface area contributed by atoms with Gasteiger partial charge in [-0.15, -0.1) is 0 Å². The topological polar surface area (TPSA) is 59.1 Å². The summed E-state index contributed by atoms with van der Waals surface area (Å²) in [5.41, 5.74) is 0.0425.